The first-order valence-electron chi connectivity index (χ1n) is 5.87. The molecule has 0 bridgehead atoms. The third kappa shape index (κ3) is 3.88. The number of aryl methyl sites for hydroxylation is 2. The number of amides is 1. The Morgan fingerprint density at radius 1 is 1.50 bits per heavy atom. The molecule has 98 valence electrons. The van der Waals surface area contributed by atoms with Gasteiger partial charge in [-0.25, -0.2) is 0 Å². The fourth-order valence-corrected chi connectivity index (χ4v) is 2.49. The van der Waals surface area contributed by atoms with Crippen molar-refractivity contribution in [3.05, 3.63) is 40.4 Å². The molecule has 4 heteroatoms. The maximum atomic E-state index is 11.8. The fourth-order valence-electron chi connectivity index (χ4n) is 1.71. The first-order valence-corrected chi connectivity index (χ1v) is 6.67. The highest BCUT2D eigenvalue weighted by Gasteiger charge is 2.14. The van der Waals surface area contributed by atoms with Gasteiger partial charge in [-0.2, -0.15) is 0 Å². The van der Waals surface area contributed by atoms with Crippen LogP contribution in [0.25, 0.3) is 0 Å². The number of benzene rings is 1. The minimum Gasteiger partial charge on any atom is -0.373 e. The zero-order valence-corrected chi connectivity index (χ0v) is 12.6. The first kappa shape index (κ1) is 14.8. The number of carbonyl (C=O) groups is 1. The average Bonchev–Trinajstić information content (AvgIpc) is 2.30. The van der Waals surface area contributed by atoms with Gasteiger partial charge >= 0.3 is 0 Å². The molecule has 0 aliphatic heterocycles. The molecule has 0 radical (unpaired) electrons. The summed E-state index contributed by atoms with van der Waals surface area (Å²) in [7, 11) is 0. The van der Waals surface area contributed by atoms with E-state index in [9.17, 15) is 4.79 Å². The van der Waals surface area contributed by atoms with E-state index in [0.717, 1.165) is 15.7 Å². The van der Waals surface area contributed by atoms with Crippen molar-refractivity contribution in [1.82, 2.24) is 5.32 Å². The fraction of sp³-hybridized carbons (Fsp3) is 0.357. The van der Waals surface area contributed by atoms with Crippen LogP contribution in [0.4, 0.5) is 5.69 Å². The minimum absolute atomic E-state index is 0.0400. The van der Waals surface area contributed by atoms with Crippen LogP contribution in [0, 0.1) is 13.8 Å². The molecule has 18 heavy (non-hydrogen) atoms. The summed E-state index contributed by atoms with van der Waals surface area (Å²) in [5.41, 5.74) is 3.26. The van der Waals surface area contributed by atoms with Gasteiger partial charge in [-0.05, 0) is 53.9 Å². The minimum atomic E-state index is -0.289. The Morgan fingerprint density at radius 3 is 2.72 bits per heavy atom. The van der Waals surface area contributed by atoms with Gasteiger partial charge in [-0.1, -0.05) is 12.1 Å². The van der Waals surface area contributed by atoms with Gasteiger partial charge in [0.15, 0.2) is 0 Å². The molecule has 1 aromatic rings. The van der Waals surface area contributed by atoms with Crippen molar-refractivity contribution >= 4 is 27.5 Å². The van der Waals surface area contributed by atoms with E-state index in [1.165, 1.54) is 5.56 Å². The Balaban J connectivity index is 2.78. The third-order valence-electron chi connectivity index (χ3n) is 2.61. The summed E-state index contributed by atoms with van der Waals surface area (Å²) in [5.74, 6) is -0.0400. The van der Waals surface area contributed by atoms with Crippen LogP contribution in [0.2, 0.25) is 0 Å². The average molecular weight is 311 g/mol. The van der Waals surface area contributed by atoms with E-state index < -0.39 is 0 Å². The highest BCUT2D eigenvalue weighted by molar-refractivity contribution is 9.10. The van der Waals surface area contributed by atoms with Crippen LogP contribution in [0.1, 0.15) is 18.1 Å². The van der Waals surface area contributed by atoms with Crippen molar-refractivity contribution in [2.24, 2.45) is 0 Å². The van der Waals surface area contributed by atoms with Gasteiger partial charge < -0.3 is 10.6 Å². The van der Waals surface area contributed by atoms with Gasteiger partial charge in [0, 0.05) is 11.0 Å². The van der Waals surface area contributed by atoms with Crippen LogP contribution < -0.4 is 10.6 Å². The zero-order valence-electron chi connectivity index (χ0n) is 11.0. The third-order valence-corrected chi connectivity index (χ3v) is 3.23. The predicted molar refractivity (Wildman–Crippen MR) is 79.9 cm³/mol. The molecule has 1 aromatic carbocycles. The molecule has 0 saturated heterocycles. The molecular weight excluding hydrogens is 292 g/mol. The van der Waals surface area contributed by atoms with Crippen LogP contribution in [0.3, 0.4) is 0 Å². The summed E-state index contributed by atoms with van der Waals surface area (Å²) < 4.78 is 0.975. The van der Waals surface area contributed by atoms with Crippen molar-refractivity contribution in [1.29, 1.82) is 0 Å². The molecule has 1 amide bonds. The quantitative estimate of drug-likeness (QED) is 0.820. The Hall–Kier alpha value is -1.29. The van der Waals surface area contributed by atoms with Crippen molar-refractivity contribution in [3.63, 3.8) is 0 Å². The number of halogens is 1. The van der Waals surface area contributed by atoms with E-state index in [-0.39, 0.29) is 11.9 Å². The maximum absolute atomic E-state index is 11.8. The molecule has 1 rings (SSSR count). The molecule has 2 N–H and O–H groups in total. The Morgan fingerprint density at radius 2 is 2.17 bits per heavy atom. The summed E-state index contributed by atoms with van der Waals surface area (Å²) in [6.45, 7) is 9.96. The number of hydrogen-bond donors (Lipinski definition) is 2. The SMILES string of the molecule is C=CCNC(=O)C(C)Nc1c(C)cc(C)cc1Br. The molecule has 3 nitrogen and oxygen atoms in total. The second kappa shape index (κ2) is 6.59. The second-order valence-corrected chi connectivity index (χ2v) is 5.19. The number of rotatable bonds is 5. The molecular formula is C14H19BrN2O. The lowest BCUT2D eigenvalue weighted by Crippen LogP contribution is -2.37. The van der Waals surface area contributed by atoms with E-state index in [1.807, 2.05) is 26.8 Å². The molecule has 1 atom stereocenters. The lowest BCUT2D eigenvalue weighted by atomic mass is 10.1. The van der Waals surface area contributed by atoms with Gasteiger partial charge in [-0.15, -0.1) is 6.58 Å². The highest BCUT2D eigenvalue weighted by Crippen LogP contribution is 2.28. The first-order chi connectivity index (χ1) is 8.45. The summed E-state index contributed by atoms with van der Waals surface area (Å²) in [6, 6.07) is 3.83. The number of carbonyl (C=O) groups excluding carboxylic acids is 1. The van der Waals surface area contributed by atoms with E-state index in [4.69, 9.17) is 0 Å². The summed E-state index contributed by atoms with van der Waals surface area (Å²) in [4.78, 5) is 11.8. The summed E-state index contributed by atoms with van der Waals surface area (Å²) in [5, 5.41) is 5.99. The van der Waals surface area contributed by atoms with Gasteiger partial charge in [0.05, 0.1) is 5.69 Å². The molecule has 0 fully saturated rings. The van der Waals surface area contributed by atoms with Crippen molar-refractivity contribution in [2.75, 3.05) is 11.9 Å². The van der Waals surface area contributed by atoms with Crippen molar-refractivity contribution in [3.8, 4) is 0 Å². The predicted octanol–water partition coefficient (Wildman–Crippen LogP) is 3.17. The van der Waals surface area contributed by atoms with Crippen molar-refractivity contribution in [2.45, 2.75) is 26.8 Å². The largest absolute Gasteiger partial charge is 0.373 e. The normalized spacial score (nSPS) is 11.8. The molecule has 0 aliphatic carbocycles. The number of hydrogen-bond acceptors (Lipinski definition) is 2. The van der Waals surface area contributed by atoms with Gasteiger partial charge in [0.25, 0.3) is 0 Å². The summed E-state index contributed by atoms with van der Waals surface area (Å²) in [6.07, 6.45) is 1.66. The molecule has 0 heterocycles. The Labute approximate surface area is 117 Å². The lowest BCUT2D eigenvalue weighted by molar-refractivity contribution is -0.121. The standard InChI is InChI=1S/C14H19BrN2O/c1-5-6-16-14(18)11(4)17-13-10(3)7-9(2)8-12(13)15/h5,7-8,11,17H,1,6H2,2-4H3,(H,16,18). The Kier molecular flexibility index (Phi) is 5.41. The second-order valence-electron chi connectivity index (χ2n) is 4.34. The molecule has 0 aromatic heterocycles. The van der Waals surface area contributed by atoms with Gasteiger partial charge in [0.2, 0.25) is 5.91 Å². The topological polar surface area (TPSA) is 41.1 Å². The van der Waals surface area contributed by atoms with E-state index in [2.05, 4.69) is 39.2 Å². The van der Waals surface area contributed by atoms with Gasteiger partial charge in [-0.3, -0.25) is 4.79 Å². The number of nitrogens with one attached hydrogen (secondary N) is 2. The molecule has 0 spiro atoms. The maximum Gasteiger partial charge on any atom is 0.242 e. The molecule has 0 saturated carbocycles. The van der Waals surface area contributed by atoms with Crippen LogP contribution in [-0.4, -0.2) is 18.5 Å². The highest BCUT2D eigenvalue weighted by atomic mass is 79.9. The van der Waals surface area contributed by atoms with Crippen LogP contribution >= 0.6 is 15.9 Å². The smallest absolute Gasteiger partial charge is 0.242 e. The summed E-state index contributed by atoms with van der Waals surface area (Å²) >= 11 is 3.52. The van der Waals surface area contributed by atoms with Crippen LogP contribution in [0.5, 0.6) is 0 Å². The molecule has 1 unspecified atom stereocenters. The van der Waals surface area contributed by atoms with Crippen LogP contribution in [-0.2, 0) is 4.79 Å². The van der Waals surface area contributed by atoms with Crippen molar-refractivity contribution < 1.29 is 4.79 Å². The molecule has 0 aliphatic rings. The monoisotopic (exact) mass is 310 g/mol. The number of anilines is 1. The lowest BCUT2D eigenvalue weighted by Gasteiger charge is -2.18. The Bertz CT molecular complexity index is 434. The zero-order chi connectivity index (χ0) is 13.7. The van der Waals surface area contributed by atoms with E-state index >= 15 is 0 Å². The van der Waals surface area contributed by atoms with Crippen LogP contribution in [0.15, 0.2) is 29.3 Å². The van der Waals surface area contributed by atoms with E-state index in [0.29, 0.717) is 6.54 Å². The van der Waals surface area contributed by atoms with Gasteiger partial charge in [0.1, 0.15) is 6.04 Å². The van der Waals surface area contributed by atoms with E-state index in [1.54, 1.807) is 6.08 Å².